The number of unbranched alkanes of at least 4 members (excludes halogenated alkanes) is 1. The van der Waals surface area contributed by atoms with E-state index in [0.29, 0.717) is 12.2 Å². The lowest BCUT2D eigenvalue weighted by molar-refractivity contribution is -0.129. The second-order valence-corrected chi connectivity index (χ2v) is 4.61. The molecule has 0 spiro atoms. The third-order valence-corrected chi connectivity index (χ3v) is 2.92. The minimum Gasteiger partial charge on any atom is -0.478 e. The Bertz CT molecular complexity index is 463. The van der Waals surface area contributed by atoms with Crippen LogP contribution in [0.3, 0.4) is 0 Å². The first-order valence-corrected chi connectivity index (χ1v) is 6.67. The maximum Gasteiger partial charge on any atom is 0.335 e. The SMILES string of the molecule is CCCCN(C)C(=O)CNCc1cc(C(=O)O)ccn1. The molecule has 0 aliphatic heterocycles. The van der Waals surface area contributed by atoms with Gasteiger partial charge >= 0.3 is 5.97 Å². The molecule has 1 aromatic rings. The molecule has 1 aromatic heterocycles. The molecule has 6 heteroatoms. The zero-order valence-corrected chi connectivity index (χ0v) is 11.9. The number of aromatic carboxylic acids is 1. The topological polar surface area (TPSA) is 82.5 Å². The van der Waals surface area contributed by atoms with Crippen LogP contribution in [0.5, 0.6) is 0 Å². The fourth-order valence-corrected chi connectivity index (χ4v) is 1.66. The average molecular weight is 279 g/mol. The van der Waals surface area contributed by atoms with Crippen molar-refractivity contribution in [2.24, 2.45) is 0 Å². The number of aromatic nitrogens is 1. The molecular weight excluding hydrogens is 258 g/mol. The summed E-state index contributed by atoms with van der Waals surface area (Å²) in [5.74, 6) is -0.961. The van der Waals surface area contributed by atoms with Crippen LogP contribution in [0.15, 0.2) is 18.3 Å². The van der Waals surface area contributed by atoms with Gasteiger partial charge in [0.1, 0.15) is 0 Å². The van der Waals surface area contributed by atoms with Crippen LogP contribution in [0.25, 0.3) is 0 Å². The molecule has 110 valence electrons. The molecule has 1 rings (SSSR count). The van der Waals surface area contributed by atoms with E-state index in [0.717, 1.165) is 19.4 Å². The lowest BCUT2D eigenvalue weighted by Gasteiger charge is -2.16. The van der Waals surface area contributed by atoms with Crippen LogP contribution in [-0.4, -0.2) is 47.0 Å². The molecule has 0 atom stereocenters. The van der Waals surface area contributed by atoms with Crippen molar-refractivity contribution < 1.29 is 14.7 Å². The Morgan fingerprint density at radius 2 is 2.20 bits per heavy atom. The molecular formula is C14H21N3O3. The first kappa shape index (κ1) is 16.1. The fraction of sp³-hybridized carbons (Fsp3) is 0.500. The summed E-state index contributed by atoms with van der Waals surface area (Å²) in [4.78, 5) is 28.3. The highest BCUT2D eigenvalue weighted by molar-refractivity contribution is 5.87. The van der Waals surface area contributed by atoms with E-state index in [9.17, 15) is 9.59 Å². The van der Waals surface area contributed by atoms with E-state index < -0.39 is 5.97 Å². The summed E-state index contributed by atoms with van der Waals surface area (Å²) in [6.07, 6.45) is 3.50. The quantitative estimate of drug-likeness (QED) is 0.745. The molecule has 0 aliphatic carbocycles. The summed E-state index contributed by atoms with van der Waals surface area (Å²) in [5, 5.41) is 11.8. The third kappa shape index (κ3) is 5.36. The molecule has 0 aliphatic rings. The molecule has 20 heavy (non-hydrogen) atoms. The van der Waals surface area contributed by atoms with E-state index >= 15 is 0 Å². The number of nitrogens with zero attached hydrogens (tertiary/aromatic N) is 2. The Kier molecular flexibility index (Phi) is 6.66. The van der Waals surface area contributed by atoms with Gasteiger partial charge in [0.15, 0.2) is 0 Å². The van der Waals surface area contributed by atoms with Gasteiger partial charge < -0.3 is 15.3 Å². The van der Waals surface area contributed by atoms with Crippen LogP contribution in [-0.2, 0) is 11.3 Å². The van der Waals surface area contributed by atoms with Gasteiger partial charge in [0, 0.05) is 26.3 Å². The smallest absolute Gasteiger partial charge is 0.335 e. The van der Waals surface area contributed by atoms with Crippen LogP contribution in [0.4, 0.5) is 0 Å². The number of amides is 1. The number of hydrogen-bond donors (Lipinski definition) is 2. The number of carbonyl (C=O) groups excluding carboxylic acids is 1. The molecule has 0 fully saturated rings. The number of carboxylic acid groups (broad SMARTS) is 1. The number of carboxylic acids is 1. The molecule has 2 N–H and O–H groups in total. The standard InChI is InChI=1S/C14H21N3O3/c1-3-4-7-17(2)13(18)10-15-9-12-8-11(14(19)20)5-6-16-12/h5-6,8,15H,3-4,7,9-10H2,1-2H3,(H,19,20). The minimum absolute atomic E-state index is 0.0211. The van der Waals surface area contributed by atoms with Gasteiger partial charge in [0.2, 0.25) is 5.91 Å². The summed E-state index contributed by atoms with van der Waals surface area (Å²) < 4.78 is 0. The number of nitrogens with one attached hydrogen (secondary N) is 1. The molecule has 6 nitrogen and oxygen atoms in total. The molecule has 0 bridgehead atoms. The molecule has 0 saturated carbocycles. The third-order valence-electron chi connectivity index (χ3n) is 2.92. The molecule has 0 radical (unpaired) electrons. The van der Waals surface area contributed by atoms with Crippen LogP contribution in [0.2, 0.25) is 0 Å². The average Bonchev–Trinajstić information content (AvgIpc) is 2.44. The summed E-state index contributed by atoms with van der Waals surface area (Å²) in [6, 6.07) is 2.94. The van der Waals surface area contributed by atoms with E-state index in [2.05, 4.69) is 17.2 Å². The summed E-state index contributed by atoms with van der Waals surface area (Å²) in [5.41, 5.74) is 0.803. The van der Waals surface area contributed by atoms with Gasteiger partial charge in [0.25, 0.3) is 0 Å². The predicted molar refractivity (Wildman–Crippen MR) is 75.4 cm³/mol. The van der Waals surface area contributed by atoms with E-state index in [1.54, 1.807) is 11.9 Å². The summed E-state index contributed by atoms with van der Waals surface area (Å²) in [6.45, 7) is 3.43. The highest BCUT2D eigenvalue weighted by atomic mass is 16.4. The normalized spacial score (nSPS) is 10.3. The van der Waals surface area contributed by atoms with E-state index in [1.165, 1.54) is 18.3 Å². The van der Waals surface area contributed by atoms with Crippen molar-refractivity contribution in [2.75, 3.05) is 20.1 Å². The lowest BCUT2D eigenvalue weighted by atomic mass is 10.2. The van der Waals surface area contributed by atoms with Gasteiger partial charge in [-0.2, -0.15) is 0 Å². The summed E-state index contributed by atoms with van der Waals surface area (Å²) >= 11 is 0. The van der Waals surface area contributed by atoms with Gasteiger partial charge in [-0.15, -0.1) is 0 Å². The highest BCUT2D eigenvalue weighted by Crippen LogP contribution is 2.01. The number of pyridine rings is 1. The van der Waals surface area contributed by atoms with Crippen LogP contribution >= 0.6 is 0 Å². The zero-order valence-electron chi connectivity index (χ0n) is 11.9. The Morgan fingerprint density at radius 1 is 1.45 bits per heavy atom. The maximum absolute atomic E-state index is 11.8. The zero-order chi connectivity index (χ0) is 15.0. The molecule has 0 unspecified atom stereocenters. The lowest BCUT2D eigenvalue weighted by Crippen LogP contribution is -2.36. The highest BCUT2D eigenvalue weighted by Gasteiger charge is 2.08. The van der Waals surface area contributed by atoms with Crippen LogP contribution < -0.4 is 5.32 Å². The molecule has 1 amide bonds. The fourth-order valence-electron chi connectivity index (χ4n) is 1.66. The van der Waals surface area contributed by atoms with Crippen LogP contribution in [0.1, 0.15) is 35.8 Å². The van der Waals surface area contributed by atoms with E-state index in [-0.39, 0.29) is 18.0 Å². The Hall–Kier alpha value is -1.95. The van der Waals surface area contributed by atoms with E-state index in [4.69, 9.17) is 5.11 Å². The van der Waals surface area contributed by atoms with Crippen molar-refractivity contribution in [2.45, 2.75) is 26.3 Å². The van der Waals surface area contributed by atoms with Gasteiger partial charge in [-0.25, -0.2) is 4.79 Å². The molecule has 1 heterocycles. The first-order chi connectivity index (χ1) is 9.54. The van der Waals surface area contributed by atoms with Gasteiger partial charge in [-0.3, -0.25) is 9.78 Å². The van der Waals surface area contributed by atoms with Gasteiger partial charge in [-0.1, -0.05) is 13.3 Å². The van der Waals surface area contributed by atoms with E-state index in [1.807, 2.05) is 0 Å². The van der Waals surface area contributed by atoms with Crippen molar-refractivity contribution >= 4 is 11.9 Å². The largest absolute Gasteiger partial charge is 0.478 e. The second-order valence-electron chi connectivity index (χ2n) is 4.61. The number of likely N-dealkylation sites (N-methyl/N-ethyl adjacent to an activating group) is 1. The van der Waals surface area contributed by atoms with Crippen LogP contribution in [0, 0.1) is 0 Å². The Labute approximate surface area is 118 Å². The van der Waals surface area contributed by atoms with Crippen molar-refractivity contribution in [3.8, 4) is 0 Å². The second kappa shape index (κ2) is 8.27. The van der Waals surface area contributed by atoms with Crippen molar-refractivity contribution in [1.29, 1.82) is 0 Å². The van der Waals surface area contributed by atoms with Crippen molar-refractivity contribution in [3.05, 3.63) is 29.6 Å². The minimum atomic E-state index is -0.982. The first-order valence-electron chi connectivity index (χ1n) is 6.67. The number of rotatable bonds is 8. The number of carbonyl (C=O) groups is 2. The van der Waals surface area contributed by atoms with Gasteiger partial charge in [-0.05, 0) is 18.6 Å². The Morgan fingerprint density at radius 3 is 2.85 bits per heavy atom. The Balaban J connectivity index is 2.38. The van der Waals surface area contributed by atoms with Crippen molar-refractivity contribution in [3.63, 3.8) is 0 Å². The van der Waals surface area contributed by atoms with Gasteiger partial charge in [0.05, 0.1) is 17.8 Å². The van der Waals surface area contributed by atoms with Crippen molar-refractivity contribution in [1.82, 2.24) is 15.2 Å². The summed E-state index contributed by atoms with van der Waals surface area (Å²) in [7, 11) is 1.78. The molecule has 0 saturated heterocycles. The predicted octanol–water partition coefficient (Wildman–Crippen LogP) is 1.13. The molecule has 0 aromatic carbocycles. The monoisotopic (exact) mass is 279 g/mol. The number of hydrogen-bond acceptors (Lipinski definition) is 4. The maximum atomic E-state index is 11.8.